The van der Waals surface area contributed by atoms with E-state index >= 15 is 0 Å². The third kappa shape index (κ3) is 6.81. The van der Waals surface area contributed by atoms with Crippen molar-refractivity contribution in [2.24, 2.45) is 0 Å². The van der Waals surface area contributed by atoms with E-state index in [2.05, 4.69) is 86.5 Å². The van der Waals surface area contributed by atoms with Crippen LogP contribution in [-0.4, -0.2) is 46.0 Å². The Morgan fingerprint density at radius 3 is 2.33 bits per heavy atom. The van der Waals surface area contributed by atoms with Crippen LogP contribution in [0.5, 0.6) is 0 Å². The van der Waals surface area contributed by atoms with Gasteiger partial charge in [-0.05, 0) is 48.2 Å². The molecule has 1 fully saturated rings. The molecule has 2 heterocycles. The number of benzene rings is 3. The van der Waals surface area contributed by atoms with E-state index in [1.54, 1.807) is 0 Å². The summed E-state index contributed by atoms with van der Waals surface area (Å²) in [5.74, 6) is 0.338. The molecule has 0 spiro atoms. The highest BCUT2D eigenvalue weighted by Crippen LogP contribution is 2.28. The van der Waals surface area contributed by atoms with Crippen LogP contribution in [0.15, 0.2) is 97.5 Å². The normalized spacial score (nSPS) is 15.6. The second-order valence-electron chi connectivity index (χ2n) is 10.2. The predicted octanol–water partition coefficient (Wildman–Crippen LogP) is 5.15. The van der Waals surface area contributed by atoms with E-state index in [1.165, 1.54) is 11.1 Å². The van der Waals surface area contributed by atoms with E-state index in [1.807, 2.05) is 36.8 Å². The summed E-state index contributed by atoms with van der Waals surface area (Å²) in [6, 6.07) is 30.9. The number of imidazole rings is 1. The Balaban J connectivity index is 1.21. The number of aromatic nitrogens is 2. The van der Waals surface area contributed by atoms with E-state index in [0.717, 1.165) is 43.6 Å². The molecule has 6 nitrogen and oxygen atoms in total. The fraction of sp³-hybridized carbons (Fsp3) is 0.303. The number of hydrogen-bond donors (Lipinski definition) is 1. The lowest BCUT2D eigenvalue weighted by Crippen LogP contribution is -2.51. The highest BCUT2D eigenvalue weighted by atomic mass is 16.2. The molecular weight excluding hydrogens is 482 g/mol. The number of nitrogens with one attached hydrogen (secondary N) is 1. The maximum atomic E-state index is 13.4. The molecule has 0 radical (unpaired) electrons. The molecule has 1 saturated heterocycles. The van der Waals surface area contributed by atoms with Gasteiger partial charge in [-0.3, -0.25) is 9.69 Å². The average Bonchev–Trinajstić information content (AvgIpc) is 3.44. The monoisotopic (exact) mass is 517 g/mol. The predicted molar refractivity (Wildman–Crippen MR) is 153 cm³/mol. The molecule has 3 aromatic carbocycles. The van der Waals surface area contributed by atoms with Gasteiger partial charge < -0.3 is 9.88 Å². The number of rotatable bonds is 10. The summed E-state index contributed by atoms with van der Waals surface area (Å²) in [5, 5.41) is 12.2. The number of carbonyl (C=O) groups is 1. The molecule has 5 rings (SSSR count). The van der Waals surface area contributed by atoms with Crippen LogP contribution in [0.25, 0.3) is 0 Å². The van der Waals surface area contributed by atoms with Gasteiger partial charge in [0.25, 0.3) is 0 Å². The Morgan fingerprint density at radius 2 is 1.67 bits per heavy atom. The SMILES string of the molecule is N#Cc1ccc(Cn2cncc2CCNC(=O)[C@@H]2CCCCN2CC(c2ccccc2)c2ccccc2)cc1. The third-order valence-corrected chi connectivity index (χ3v) is 7.65. The molecule has 4 aromatic rings. The smallest absolute Gasteiger partial charge is 0.237 e. The Hall–Kier alpha value is -4.21. The van der Waals surface area contributed by atoms with Crippen LogP contribution >= 0.6 is 0 Å². The topological polar surface area (TPSA) is 74.0 Å². The first-order chi connectivity index (χ1) is 19.2. The minimum absolute atomic E-state index is 0.114. The van der Waals surface area contributed by atoms with Crippen LogP contribution in [0.2, 0.25) is 0 Å². The summed E-state index contributed by atoms with van der Waals surface area (Å²) < 4.78 is 2.10. The van der Waals surface area contributed by atoms with Gasteiger partial charge in [0.05, 0.1) is 24.0 Å². The lowest BCUT2D eigenvalue weighted by atomic mass is 9.89. The highest BCUT2D eigenvalue weighted by molar-refractivity contribution is 5.81. The Morgan fingerprint density at radius 1 is 0.974 bits per heavy atom. The first kappa shape index (κ1) is 26.4. The molecule has 1 aromatic heterocycles. The number of likely N-dealkylation sites (tertiary alicyclic amines) is 1. The van der Waals surface area contributed by atoms with Gasteiger partial charge in [-0.2, -0.15) is 5.26 Å². The number of nitriles is 1. The molecule has 1 aliphatic rings. The number of nitrogens with zero attached hydrogens (tertiary/aromatic N) is 4. The molecule has 0 aliphatic carbocycles. The highest BCUT2D eigenvalue weighted by Gasteiger charge is 2.31. The van der Waals surface area contributed by atoms with Crippen molar-refractivity contribution in [1.82, 2.24) is 19.8 Å². The van der Waals surface area contributed by atoms with Gasteiger partial charge >= 0.3 is 0 Å². The van der Waals surface area contributed by atoms with Crippen LogP contribution in [0, 0.1) is 11.3 Å². The summed E-state index contributed by atoms with van der Waals surface area (Å²) in [7, 11) is 0. The summed E-state index contributed by atoms with van der Waals surface area (Å²) in [6.45, 7) is 3.02. The Bertz CT molecular complexity index is 1340. The van der Waals surface area contributed by atoms with E-state index in [0.29, 0.717) is 25.1 Å². The van der Waals surface area contributed by atoms with E-state index in [4.69, 9.17) is 5.26 Å². The number of hydrogen-bond acceptors (Lipinski definition) is 4. The van der Waals surface area contributed by atoms with Crippen LogP contribution in [0.3, 0.4) is 0 Å². The van der Waals surface area contributed by atoms with Crippen molar-refractivity contribution in [2.75, 3.05) is 19.6 Å². The minimum Gasteiger partial charge on any atom is -0.354 e. The maximum absolute atomic E-state index is 13.4. The van der Waals surface area contributed by atoms with Crippen molar-refractivity contribution in [2.45, 2.75) is 44.2 Å². The summed E-state index contributed by atoms with van der Waals surface area (Å²) in [6.07, 6.45) is 7.49. The van der Waals surface area contributed by atoms with Crippen molar-refractivity contribution in [1.29, 1.82) is 5.26 Å². The fourth-order valence-corrected chi connectivity index (χ4v) is 5.53. The van der Waals surface area contributed by atoms with Crippen LogP contribution in [0.1, 0.15) is 53.1 Å². The molecule has 6 heteroatoms. The fourth-order valence-electron chi connectivity index (χ4n) is 5.53. The second-order valence-corrected chi connectivity index (χ2v) is 10.2. The number of carbonyl (C=O) groups excluding carboxylic acids is 1. The van der Waals surface area contributed by atoms with Crippen LogP contribution < -0.4 is 5.32 Å². The zero-order valence-electron chi connectivity index (χ0n) is 22.2. The molecule has 198 valence electrons. The number of amides is 1. The Labute approximate surface area is 230 Å². The zero-order chi connectivity index (χ0) is 26.9. The maximum Gasteiger partial charge on any atom is 0.237 e. The third-order valence-electron chi connectivity index (χ3n) is 7.65. The first-order valence-corrected chi connectivity index (χ1v) is 13.8. The lowest BCUT2D eigenvalue weighted by molar-refractivity contribution is -0.127. The molecule has 1 atom stereocenters. The van der Waals surface area contributed by atoms with E-state index in [-0.39, 0.29) is 17.9 Å². The van der Waals surface area contributed by atoms with Crippen molar-refractivity contribution in [3.63, 3.8) is 0 Å². The number of piperidine rings is 1. The van der Waals surface area contributed by atoms with Crippen molar-refractivity contribution >= 4 is 5.91 Å². The molecule has 39 heavy (non-hydrogen) atoms. The van der Waals surface area contributed by atoms with Gasteiger partial charge in [-0.1, -0.05) is 79.2 Å². The summed E-state index contributed by atoms with van der Waals surface area (Å²) in [4.78, 5) is 20.1. The van der Waals surface area contributed by atoms with Crippen molar-refractivity contribution in [3.8, 4) is 6.07 Å². The minimum atomic E-state index is -0.114. The summed E-state index contributed by atoms with van der Waals surface area (Å²) in [5.41, 5.74) is 5.41. The van der Waals surface area contributed by atoms with Gasteiger partial charge in [0.2, 0.25) is 5.91 Å². The van der Waals surface area contributed by atoms with Crippen molar-refractivity contribution in [3.05, 3.63) is 125 Å². The van der Waals surface area contributed by atoms with E-state index < -0.39 is 0 Å². The first-order valence-electron chi connectivity index (χ1n) is 13.8. The molecule has 1 aliphatic heterocycles. The van der Waals surface area contributed by atoms with Gasteiger partial charge in [-0.15, -0.1) is 0 Å². The van der Waals surface area contributed by atoms with Gasteiger partial charge in [-0.25, -0.2) is 4.98 Å². The van der Waals surface area contributed by atoms with Crippen LogP contribution in [-0.2, 0) is 17.8 Å². The second kappa shape index (κ2) is 13.0. The largest absolute Gasteiger partial charge is 0.354 e. The van der Waals surface area contributed by atoms with Gasteiger partial charge in [0.15, 0.2) is 0 Å². The van der Waals surface area contributed by atoms with E-state index in [9.17, 15) is 4.79 Å². The van der Waals surface area contributed by atoms with Gasteiger partial charge in [0.1, 0.15) is 0 Å². The summed E-state index contributed by atoms with van der Waals surface area (Å²) >= 11 is 0. The standard InChI is InChI=1S/C33H35N5O/c34-21-26-14-16-27(17-15-26)23-38-25-35-22-30(38)18-19-36-33(39)32-13-7-8-20-37(32)24-31(28-9-3-1-4-10-28)29-11-5-2-6-12-29/h1-6,9-12,14-17,22,25,31-32H,7-8,13,18-20,23-24H2,(H,36,39)/t32-/m0/s1. The molecule has 0 saturated carbocycles. The lowest BCUT2D eigenvalue weighted by Gasteiger charge is -2.37. The molecule has 0 unspecified atom stereocenters. The molecular formula is C33H35N5O. The molecule has 0 bridgehead atoms. The quantitative estimate of drug-likeness (QED) is 0.316. The zero-order valence-corrected chi connectivity index (χ0v) is 22.2. The van der Waals surface area contributed by atoms with Crippen molar-refractivity contribution < 1.29 is 4.79 Å². The molecule has 1 amide bonds. The van der Waals surface area contributed by atoms with Gasteiger partial charge in [0, 0.05) is 43.9 Å². The van der Waals surface area contributed by atoms with Crippen LogP contribution in [0.4, 0.5) is 0 Å². The average molecular weight is 518 g/mol. The molecule has 1 N–H and O–H groups in total. The Kier molecular flexibility index (Phi) is 8.82.